The maximum Gasteiger partial charge on any atom is 0.339 e. The van der Waals surface area contributed by atoms with E-state index in [1.165, 1.54) is 11.3 Å². The smallest absolute Gasteiger partial charge is 0.339 e. The van der Waals surface area contributed by atoms with Crippen LogP contribution in [-0.4, -0.2) is 23.1 Å². The molecule has 142 valence electrons. The lowest BCUT2D eigenvalue weighted by Gasteiger charge is -2.11. The third-order valence-corrected chi connectivity index (χ3v) is 5.73. The number of hydrogen-bond donors (Lipinski definition) is 2. The number of aryl methyl sites for hydroxylation is 1. The predicted octanol–water partition coefficient (Wildman–Crippen LogP) is 5.02. The van der Waals surface area contributed by atoms with Gasteiger partial charge < -0.3 is 15.2 Å². The van der Waals surface area contributed by atoms with Crippen molar-refractivity contribution in [2.75, 3.05) is 5.32 Å². The highest BCUT2D eigenvalue weighted by atomic mass is 35.5. The summed E-state index contributed by atoms with van der Waals surface area (Å²) in [6, 6.07) is 12.7. The Balaban J connectivity index is 1.58. The van der Waals surface area contributed by atoms with Crippen LogP contribution in [0, 0.1) is 6.92 Å². The quantitative estimate of drug-likeness (QED) is 0.629. The summed E-state index contributed by atoms with van der Waals surface area (Å²) in [6.45, 7) is 1.98. The van der Waals surface area contributed by atoms with E-state index in [0.717, 1.165) is 16.7 Å². The number of carbonyl (C=O) groups is 2. The molecule has 7 heteroatoms. The van der Waals surface area contributed by atoms with Gasteiger partial charge in [0.05, 0.1) is 0 Å². The first-order valence-electron chi connectivity index (χ1n) is 8.60. The van der Waals surface area contributed by atoms with Gasteiger partial charge in [0.1, 0.15) is 16.3 Å². The van der Waals surface area contributed by atoms with E-state index in [1.807, 2.05) is 25.1 Å². The van der Waals surface area contributed by atoms with Crippen LogP contribution in [0.4, 0.5) is 5.00 Å². The zero-order chi connectivity index (χ0) is 19.8. The number of carbonyl (C=O) groups excluding carboxylic acids is 1. The number of carboxylic acids is 1. The number of aromatic carboxylic acids is 1. The molecular formula is C21H16ClNO4S. The minimum atomic E-state index is -1.10. The van der Waals surface area contributed by atoms with Crippen molar-refractivity contribution in [2.24, 2.45) is 0 Å². The van der Waals surface area contributed by atoms with E-state index in [2.05, 4.69) is 5.32 Å². The lowest BCUT2D eigenvalue weighted by atomic mass is 10.0. The fourth-order valence-corrected chi connectivity index (χ4v) is 4.31. The molecule has 0 saturated carbocycles. The second-order valence-electron chi connectivity index (χ2n) is 6.58. The molecule has 4 rings (SSSR count). The summed E-state index contributed by atoms with van der Waals surface area (Å²) in [5.41, 5.74) is 3.40. The van der Waals surface area contributed by atoms with Gasteiger partial charge in [-0.15, -0.1) is 11.3 Å². The molecule has 2 aromatic carbocycles. The average molecular weight is 414 g/mol. The molecule has 1 amide bonds. The SMILES string of the molecule is Cc1ccc2c(c1)CC(C(=O)Nc1scc(-c3ccc(Cl)cc3)c1C(=O)O)O2. The van der Waals surface area contributed by atoms with Crippen LogP contribution in [0.5, 0.6) is 5.75 Å². The Morgan fingerprint density at radius 2 is 1.96 bits per heavy atom. The van der Waals surface area contributed by atoms with Gasteiger partial charge in [0, 0.05) is 22.4 Å². The van der Waals surface area contributed by atoms with E-state index < -0.39 is 12.1 Å². The molecule has 5 nitrogen and oxygen atoms in total. The van der Waals surface area contributed by atoms with Crippen LogP contribution in [0.15, 0.2) is 47.8 Å². The Bertz CT molecular complexity index is 1070. The summed E-state index contributed by atoms with van der Waals surface area (Å²) in [4.78, 5) is 24.6. The molecule has 0 aliphatic carbocycles. The number of nitrogens with one attached hydrogen (secondary N) is 1. The molecule has 0 radical (unpaired) electrons. The first-order chi connectivity index (χ1) is 13.4. The van der Waals surface area contributed by atoms with E-state index in [9.17, 15) is 14.7 Å². The van der Waals surface area contributed by atoms with E-state index in [4.69, 9.17) is 16.3 Å². The van der Waals surface area contributed by atoms with Crippen molar-refractivity contribution in [2.45, 2.75) is 19.4 Å². The van der Waals surface area contributed by atoms with Crippen molar-refractivity contribution in [3.05, 3.63) is 69.6 Å². The van der Waals surface area contributed by atoms with Crippen LogP contribution < -0.4 is 10.1 Å². The first-order valence-corrected chi connectivity index (χ1v) is 9.86. The normalized spacial score (nSPS) is 15.0. The molecule has 1 aliphatic rings. The minimum Gasteiger partial charge on any atom is -0.480 e. The molecule has 1 unspecified atom stereocenters. The van der Waals surface area contributed by atoms with Gasteiger partial charge in [0.15, 0.2) is 6.10 Å². The van der Waals surface area contributed by atoms with Crippen molar-refractivity contribution >= 4 is 39.8 Å². The molecule has 0 fully saturated rings. The number of fused-ring (bicyclic) bond motifs is 1. The van der Waals surface area contributed by atoms with Gasteiger partial charge in [-0.2, -0.15) is 0 Å². The number of halogens is 1. The molecule has 0 spiro atoms. The summed E-state index contributed by atoms with van der Waals surface area (Å²) in [5.74, 6) is -0.772. The highest BCUT2D eigenvalue weighted by molar-refractivity contribution is 7.15. The van der Waals surface area contributed by atoms with Crippen LogP contribution in [-0.2, 0) is 11.2 Å². The molecule has 1 atom stereocenters. The number of benzene rings is 2. The number of amides is 1. The zero-order valence-electron chi connectivity index (χ0n) is 14.9. The summed E-state index contributed by atoms with van der Waals surface area (Å²) >= 11 is 7.09. The molecule has 0 bridgehead atoms. The summed E-state index contributed by atoms with van der Waals surface area (Å²) < 4.78 is 5.73. The van der Waals surface area contributed by atoms with Gasteiger partial charge in [-0.25, -0.2) is 4.79 Å². The van der Waals surface area contributed by atoms with Crippen molar-refractivity contribution in [3.63, 3.8) is 0 Å². The minimum absolute atomic E-state index is 0.0621. The number of rotatable bonds is 4. The van der Waals surface area contributed by atoms with E-state index in [0.29, 0.717) is 22.8 Å². The number of ether oxygens (including phenoxy) is 1. The highest BCUT2D eigenvalue weighted by Gasteiger charge is 2.31. The molecule has 28 heavy (non-hydrogen) atoms. The number of thiophene rings is 1. The van der Waals surface area contributed by atoms with E-state index in [-0.39, 0.29) is 16.5 Å². The third-order valence-electron chi connectivity index (χ3n) is 4.58. The van der Waals surface area contributed by atoms with Crippen LogP contribution in [0.3, 0.4) is 0 Å². The number of anilines is 1. The molecule has 2 N–H and O–H groups in total. The van der Waals surface area contributed by atoms with Crippen molar-refractivity contribution in [1.82, 2.24) is 0 Å². The fraction of sp³-hybridized carbons (Fsp3) is 0.143. The molecular weight excluding hydrogens is 398 g/mol. The highest BCUT2D eigenvalue weighted by Crippen LogP contribution is 2.37. The van der Waals surface area contributed by atoms with Crippen molar-refractivity contribution in [1.29, 1.82) is 0 Å². The summed E-state index contributed by atoms with van der Waals surface area (Å²) in [7, 11) is 0. The Labute approximate surface area is 170 Å². The molecule has 0 saturated heterocycles. The van der Waals surface area contributed by atoms with Gasteiger partial charge >= 0.3 is 5.97 Å². The lowest BCUT2D eigenvalue weighted by molar-refractivity contribution is -0.122. The van der Waals surface area contributed by atoms with Gasteiger partial charge in [-0.1, -0.05) is 41.4 Å². The second-order valence-corrected chi connectivity index (χ2v) is 7.89. The van der Waals surface area contributed by atoms with Crippen molar-refractivity contribution in [3.8, 4) is 16.9 Å². The standard InChI is InChI=1S/C21H16ClNO4S/c1-11-2-7-16-13(8-11)9-17(27-16)19(24)23-20-18(21(25)26)15(10-28-20)12-3-5-14(22)6-4-12/h2-8,10,17H,9H2,1H3,(H,23,24)(H,25,26). The Morgan fingerprint density at radius 3 is 2.68 bits per heavy atom. The van der Waals surface area contributed by atoms with Gasteiger partial charge in [-0.05, 0) is 36.2 Å². The molecule has 1 aromatic heterocycles. The van der Waals surface area contributed by atoms with Crippen LogP contribution in [0.25, 0.3) is 11.1 Å². The first kappa shape index (κ1) is 18.5. The Morgan fingerprint density at radius 1 is 1.21 bits per heavy atom. The Kier molecular flexibility index (Phi) is 4.83. The zero-order valence-corrected chi connectivity index (χ0v) is 16.4. The molecule has 2 heterocycles. The summed E-state index contributed by atoms with van der Waals surface area (Å²) in [6.07, 6.45) is -0.222. The lowest BCUT2D eigenvalue weighted by Crippen LogP contribution is -2.31. The van der Waals surface area contributed by atoms with Gasteiger partial charge in [-0.3, -0.25) is 4.79 Å². The molecule has 1 aliphatic heterocycles. The monoisotopic (exact) mass is 413 g/mol. The Hall–Kier alpha value is -2.83. The topological polar surface area (TPSA) is 75.6 Å². The van der Waals surface area contributed by atoms with Gasteiger partial charge in [0.2, 0.25) is 0 Å². The third kappa shape index (κ3) is 3.48. The number of carboxylic acid groups (broad SMARTS) is 1. The average Bonchev–Trinajstić information content (AvgIpc) is 3.26. The van der Waals surface area contributed by atoms with Gasteiger partial charge in [0.25, 0.3) is 5.91 Å². The van der Waals surface area contributed by atoms with Crippen LogP contribution in [0.2, 0.25) is 5.02 Å². The number of hydrogen-bond acceptors (Lipinski definition) is 4. The predicted molar refractivity (Wildman–Crippen MR) is 110 cm³/mol. The second kappa shape index (κ2) is 7.30. The molecule has 3 aromatic rings. The van der Waals surface area contributed by atoms with Crippen LogP contribution in [0.1, 0.15) is 21.5 Å². The largest absolute Gasteiger partial charge is 0.480 e. The maximum atomic E-state index is 12.7. The van der Waals surface area contributed by atoms with Crippen LogP contribution >= 0.6 is 22.9 Å². The summed E-state index contributed by atoms with van der Waals surface area (Å²) in [5, 5.41) is 15.0. The van der Waals surface area contributed by atoms with Crippen molar-refractivity contribution < 1.29 is 19.4 Å². The maximum absolute atomic E-state index is 12.7. The van der Waals surface area contributed by atoms with E-state index in [1.54, 1.807) is 29.6 Å². The van der Waals surface area contributed by atoms with E-state index >= 15 is 0 Å². The fourth-order valence-electron chi connectivity index (χ4n) is 3.22.